The summed E-state index contributed by atoms with van der Waals surface area (Å²) in [5.74, 6) is 0.669. The van der Waals surface area contributed by atoms with Crippen LogP contribution in [0.4, 0.5) is 5.69 Å². The molecule has 0 N–H and O–H groups in total. The summed E-state index contributed by atoms with van der Waals surface area (Å²) in [7, 11) is 6.86. The zero-order chi connectivity index (χ0) is 24.4. The molecule has 7 heteroatoms. The Hall–Kier alpha value is -4.26. The number of Topliss-reactive ketones (excluding diaryl/α,β-unsaturated/α-hetero) is 1. The number of anilines is 1. The van der Waals surface area contributed by atoms with Gasteiger partial charge in [-0.25, -0.2) is 4.79 Å². The first-order chi connectivity index (χ1) is 16.3. The molecule has 1 heterocycles. The lowest BCUT2D eigenvalue weighted by molar-refractivity contribution is 0.0726. The first-order valence-corrected chi connectivity index (χ1v) is 10.6. The number of ether oxygens (including phenoxy) is 4. The first-order valence-electron chi connectivity index (χ1n) is 10.6. The highest BCUT2D eigenvalue weighted by molar-refractivity contribution is 6.15. The molecule has 0 bridgehead atoms. The summed E-state index contributed by atoms with van der Waals surface area (Å²) in [6.45, 7) is 1.74. The van der Waals surface area contributed by atoms with Crippen molar-refractivity contribution in [2.45, 2.75) is 6.92 Å². The second-order valence-electron chi connectivity index (χ2n) is 7.92. The fraction of sp³-hybridized carbons (Fsp3) is 0.185. The summed E-state index contributed by atoms with van der Waals surface area (Å²) in [5.41, 5.74) is 3.03. The van der Waals surface area contributed by atoms with Gasteiger partial charge in [0, 0.05) is 25.3 Å². The lowest BCUT2D eigenvalue weighted by atomic mass is 10.1. The fourth-order valence-corrected chi connectivity index (χ4v) is 3.70. The average molecular weight is 459 g/mol. The van der Waals surface area contributed by atoms with E-state index in [9.17, 15) is 9.59 Å². The van der Waals surface area contributed by atoms with Gasteiger partial charge in [0.25, 0.3) is 0 Å². The summed E-state index contributed by atoms with van der Waals surface area (Å²) >= 11 is 0. The lowest BCUT2D eigenvalue weighted by Gasteiger charge is -2.14. The van der Waals surface area contributed by atoms with Crippen LogP contribution in [0.15, 0.2) is 60.4 Å². The summed E-state index contributed by atoms with van der Waals surface area (Å²) in [6, 6.07) is 16.0. The molecule has 1 aliphatic rings. The van der Waals surface area contributed by atoms with E-state index in [1.807, 2.05) is 43.3 Å². The minimum Gasteiger partial charge on any atom is -0.496 e. The van der Waals surface area contributed by atoms with Crippen LogP contribution in [0.3, 0.4) is 0 Å². The van der Waals surface area contributed by atoms with Crippen molar-refractivity contribution >= 4 is 23.5 Å². The molecule has 7 nitrogen and oxygen atoms in total. The van der Waals surface area contributed by atoms with Gasteiger partial charge in [0.05, 0.1) is 19.8 Å². The Morgan fingerprint density at radius 1 is 0.912 bits per heavy atom. The van der Waals surface area contributed by atoms with Gasteiger partial charge in [-0.15, -0.1) is 0 Å². The van der Waals surface area contributed by atoms with E-state index in [-0.39, 0.29) is 22.9 Å². The monoisotopic (exact) mass is 459 g/mol. The van der Waals surface area contributed by atoms with Gasteiger partial charge in [-0.1, -0.05) is 18.2 Å². The fourth-order valence-electron chi connectivity index (χ4n) is 3.70. The van der Waals surface area contributed by atoms with Gasteiger partial charge >= 0.3 is 5.97 Å². The van der Waals surface area contributed by atoms with E-state index >= 15 is 0 Å². The highest BCUT2D eigenvalue weighted by Gasteiger charge is 2.31. The van der Waals surface area contributed by atoms with Crippen molar-refractivity contribution in [1.29, 1.82) is 0 Å². The van der Waals surface area contributed by atoms with Crippen LogP contribution >= 0.6 is 0 Å². The minimum atomic E-state index is -0.640. The predicted octanol–water partition coefficient (Wildman–Crippen LogP) is 4.91. The molecule has 0 aliphatic carbocycles. The first kappa shape index (κ1) is 22.9. The van der Waals surface area contributed by atoms with Crippen molar-refractivity contribution in [2.75, 3.05) is 33.2 Å². The van der Waals surface area contributed by atoms with Crippen LogP contribution in [0.2, 0.25) is 0 Å². The Kier molecular flexibility index (Phi) is 6.27. The molecule has 0 aromatic heterocycles. The molecule has 3 aromatic rings. The third kappa shape index (κ3) is 4.20. The largest absolute Gasteiger partial charge is 0.496 e. The summed E-state index contributed by atoms with van der Waals surface area (Å²) < 4.78 is 22.2. The van der Waals surface area contributed by atoms with Gasteiger partial charge in [0.1, 0.15) is 28.6 Å². The second-order valence-corrected chi connectivity index (χ2v) is 7.92. The van der Waals surface area contributed by atoms with Crippen LogP contribution in [0.1, 0.15) is 31.8 Å². The molecule has 0 saturated heterocycles. The Morgan fingerprint density at radius 2 is 1.56 bits per heavy atom. The number of ketones is 1. The van der Waals surface area contributed by atoms with Crippen LogP contribution < -0.4 is 23.8 Å². The van der Waals surface area contributed by atoms with E-state index in [0.29, 0.717) is 28.4 Å². The maximum Gasteiger partial charge on any atom is 0.351 e. The molecule has 0 spiro atoms. The van der Waals surface area contributed by atoms with Crippen LogP contribution in [0.25, 0.3) is 6.08 Å². The van der Waals surface area contributed by atoms with Gasteiger partial charge in [-0.3, -0.25) is 4.79 Å². The molecule has 34 heavy (non-hydrogen) atoms. The van der Waals surface area contributed by atoms with Crippen LogP contribution in [-0.2, 0) is 0 Å². The molecule has 174 valence electrons. The molecule has 1 aliphatic heterocycles. The third-order valence-electron chi connectivity index (χ3n) is 5.58. The number of carbonyl (C=O) groups is 2. The van der Waals surface area contributed by atoms with Crippen molar-refractivity contribution in [1.82, 2.24) is 0 Å². The number of methoxy groups -OCH3 is 2. The second kappa shape index (κ2) is 9.31. The molecule has 0 amide bonds. The van der Waals surface area contributed by atoms with Crippen molar-refractivity contribution in [3.05, 3.63) is 82.6 Å². The maximum atomic E-state index is 13.0. The molecule has 0 unspecified atom stereocenters. The number of nitrogens with zero attached hydrogens (tertiary/aromatic N) is 1. The Balaban J connectivity index is 1.61. The van der Waals surface area contributed by atoms with Crippen LogP contribution in [0, 0.1) is 6.92 Å². The van der Waals surface area contributed by atoms with Crippen molar-refractivity contribution in [3.8, 4) is 23.0 Å². The number of fused-ring (bicyclic) bond motifs is 1. The standard InChI is InChI=1S/C27H25NO6/c1-16-20(34-27(30)24-21(31-4)7-6-8-22(24)32-5)14-13-19-25(29)23(33-26(16)19)15-17-9-11-18(12-10-17)28(2)3/h6-15H,1-5H3/b23-15-. The van der Waals surface area contributed by atoms with E-state index in [1.165, 1.54) is 14.2 Å². The molecule has 0 saturated carbocycles. The smallest absolute Gasteiger partial charge is 0.351 e. The minimum absolute atomic E-state index is 0.172. The van der Waals surface area contributed by atoms with Crippen molar-refractivity contribution < 1.29 is 28.5 Å². The van der Waals surface area contributed by atoms with E-state index in [4.69, 9.17) is 18.9 Å². The van der Waals surface area contributed by atoms with E-state index < -0.39 is 5.97 Å². The Morgan fingerprint density at radius 3 is 2.15 bits per heavy atom. The highest BCUT2D eigenvalue weighted by Crippen LogP contribution is 2.40. The zero-order valence-electron chi connectivity index (χ0n) is 19.7. The number of hydrogen-bond donors (Lipinski definition) is 0. The van der Waals surface area contributed by atoms with E-state index in [0.717, 1.165) is 11.3 Å². The van der Waals surface area contributed by atoms with Gasteiger partial charge < -0.3 is 23.8 Å². The molecule has 0 radical (unpaired) electrons. The zero-order valence-corrected chi connectivity index (χ0v) is 19.7. The number of hydrogen-bond acceptors (Lipinski definition) is 7. The summed E-state index contributed by atoms with van der Waals surface area (Å²) in [6.07, 6.45) is 1.70. The van der Waals surface area contributed by atoms with Gasteiger partial charge in [-0.2, -0.15) is 0 Å². The van der Waals surface area contributed by atoms with Gasteiger partial charge in [0.2, 0.25) is 5.78 Å². The number of allylic oxidation sites excluding steroid dienone is 1. The molecule has 4 rings (SSSR count). The van der Waals surface area contributed by atoms with Crippen LogP contribution in [-0.4, -0.2) is 40.1 Å². The summed E-state index contributed by atoms with van der Waals surface area (Å²) in [5, 5.41) is 0. The quantitative estimate of drug-likeness (QED) is 0.294. The molecule has 0 fully saturated rings. The maximum absolute atomic E-state index is 13.0. The highest BCUT2D eigenvalue weighted by atomic mass is 16.5. The Bertz CT molecular complexity index is 1270. The molecule has 0 atom stereocenters. The molecular weight excluding hydrogens is 434 g/mol. The van der Waals surface area contributed by atoms with Crippen molar-refractivity contribution in [2.24, 2.45) is 0 Å². The summed E-state index contributed by atoms with van der Waals surface area (Å²) in [4.78, 5) is 27.9. The number of esters is 1. The van der Waals surface area contributed by atoms with Crippen LogP contribution in [0.5, 0.6) is 23.0 Å². The predicted molar refractivity (Wildman–Crippen MR) is 129 cm³/mol. The number of rotatable bonds is 6. The lowest BCUT2D eigenvalue weighted by Crippen LogP contribution is -2.12. The topological polar surface area (TPSA) is 74.3 Å². The van der Waals surface area contributed by atoms with Gasteiger partial charge in [0.15, 0.2) is 5.76 Å². The van der Waals surface area contributed by atoms with E-state index in [2.05, 4.69) is 0 Å². The average Bonchev–Trinajstić information content (AvgIpc) is 3.16. The SMILES string of the molecule is COc1cccc(OC)c1C(=O)Oc1ccc2c(c1C)O/C(=C\c1ccc(N(C)C)cc1)C2=O. The molecule has 3 aromatic carbocycles. The number of carbonyl (C=O) groups excluding carboxylic acids is 2. The normalized spacial score (nSPS) is 13.3. The Labute approximate surface area is 198 Å². The molecular formula is C27H25NO6. The third-order valence-corrected chi connectivity index (χ3v) is 5.58. The van der Waals surface area contributed by atoms with E-state index in [1.54, 1.807) is 43.3 Å². The van der Waals surface area contributed by atoms with Crippen molar-refractivity contribution in [3.63, 3.8) is 0 Å². The number of benzene rings is 3. The van der Waals surface area contributed by atoms with Gasteiger partial charge in [-0.05, 0) is 55.0 Å².